The number of hydrogen-bond acceptors (Lipinski definition) is 3. The van der Waals surface area contributed by atoms with Crippen molar-refractivity contribution in [2.24, 2.45) is 5.73 Å². The Morgan fingerprint density at radius 1 is 1.45 bits per heavy atom. The predicted octanol–water partition coefficient (Wildman–Crippen LogP) is 2.44. The molecule has 1 aromatic carbocycles. The second-order valence-electron chi connectivity index (χ2n) is 4.01. The Kier molecular flexibility index (Phi) is 4.43. The zero-order valence-electron chi connectivity index (χ0n) is 10.3. The second kappa shape index (κ2) is 5.92. The lowest BCUT2D eigenvalue weighted by molar-refractivity contribution is 0.0996. The van der Waals surface area contributed by atoms with Gasteiger partial charge in [0.1, 0.15) is 0 Å². The van der Waals surface area contributed by atoms with Crippen molar-refractivity contribution in [3.63, 3.8) is 0 Å². The van der Waals surface area contributed by atoms with E-state index in [-0.39, 0.29) is 11.6 Å². The van der Waals surface area contributed by atoms with Gasteiger partial charge >= 0.3 is 0 Å². The number of aromatic amines is 1. The summed E-state index contributed by atoms with van der Waals surface area (Å²) in [5.74, 6) is -1.03. The summed E-state index contributed by atoms with van der Waals surface area (Å²) in [6, 6.07) is 5.36. The fourth-order valence-electron chi connectivity index (χ4n) is 1.61. The highest BCUT2D eigenvalue weighted by molar-refractivity contribution is 14.1. The van der Waals surface area contributed by atoms with Crippen molar-refractivity contribution in [2.75, 3.05) is 5.32 Å². The Hall–Kier alpha value is -1.42. The molecule has 0 saturated carbocycles. The molecule has 2 rings (SSSR count). The van der Waals surface area contributed by atoms with Crippen molar-refractivity contribution in [3.8, 4) is 0 Å². The maximum atomic E-state index is 12.3. The molecule has 4 N–H and O–H groups in total. The third kappa shape index (κ3) is 3.01. The van der Waals surface area contributed by atoms with Gasteiger partial charge in [-0.1, -0.05) is 15.9 Å². The number of nitrogens with two attached hydrogens (primary N) is 1. The number of hydrogen-bond donors (Lipinski definition) is 3. The van der Waals surface area contributed by atoms with Crippen LogP contribution in [0.15, 0.2) is 22.7 Å². The zero-order valence-corrected chi connectivity index (χ0v) is 14.1. The Bertz CT molecular complexity index is 699. The van der Waals surface area contributed by atoms with Gasteiger partial charge in [0.25, 0.3) is 11.8 Å². The minimum atomic E-state index is -0.700. The van der Waals surface area contributed by atoms with Crippen molar-refractivity contribution in [1.82, 2.24) is 10.2 Å². The normalized spacial score (nSPS) is 10.3. The Balaban J connectivity index is 2.35. The molecule has 1 aromatic heterocycles. The van der Waals surface area contributed by atoms with Crippen LogP contribution in [0.1, 0.15) is 26.5 Å². The van der Waals surface area contributed by atoms with Crippen molar-refractivity contribution in [3.05, 3.63) is 43.2 Å². The molecule has 0 aliphatic rings. The van der Waals surface area contributed by atoms with E-state index in [4.69, 9.17) is 5.73 Å². The van der Waals surface area contributed by atoms with Crippen molar-refractivity contribution >= 4 is 56.0 Å². The molecule has 0 radical (unpaired) electrons. The highest BCUT2D eigenvalue weighted by atomic mass is 127. The first-order chi connectivity index (χ1) is 9.40. The van der Waals surface area contributed by atoms with E-state index in [1.54, 1.807) is 13.0 Å². The van der Waals surface area contributed by atoms with E-state index in [0.29, 0.717) is 16.9 Å². The number of carbonyl (C=O) groups is 2. The number of benzene rings is 1. The molecule has 0 atom stereocenters. The summed E-state index contributed by atoms with van der Waals surface area (Å²) in [5.41, 5.74) is 6.60. The molecule has 6 nitrogen and oxygen atoms in total. The van der Waals surface area contributed by atoms with Gasteiger partial charge in [-0.2, -0.15) is 5.10 Å². The molecule has 2 amide bonds. The molecular formula is C12H10BrIN4O2. The van der Waals surface area contributed by atoms with Crippen molar-refractivity contribution in [1.29, 1.82) is 0 Å². The third-order valence-electron chi connectivity index (χ3n) is 2.59. The molecular weight excluding hydrogens is 439 g/mol. The standard InChI is InChI=1S/C12H10BrIN4O2/c1-5-9(10(11(15)19)18-17-5)16-12(20)7-4-6(13)2-3-8(7)14/h2-4H,1H3,(H2,15,19)(H,16,20)(H,17,18). The molecule has 0 bridgehead atoms. The van der Waals surface area contributed by atoms with Gasteiger partial charge in [0.2, 0.25) is 0 Å². The molecule has 2 aromatic rings. The first kappa shape index (κ1) is 15.0. The van der Waals surface area contributed by atoms with E-state index in [2.05, 4.69) is 54.0 Å². The summed E-state index contributed by atoms with van der Waals surface area (Å²) in [6.07, 6.45) is 0. The van der Waals surface area contributed by atoms with Crippen molar-refractivity contribution < 1.29 is 9.59 Å². The molecule has 0 fully saturated rings. The van der Waals surface area contributed by atoms with E-state index in [0.717, 1.165) is 8.04 Å². The van der Waals surface area contributed by atoms with Crippen LogP contribution in [0.25, 0.3) is 0 Å². The van der Waals surface area contributed by atoms with Crippen LogP contribution in [0.5, 0.6) is 0 Å². The second-order valence-corrected chi connectivity index (χ2v) is 6.09. The summed E-state index contributed by atoms with van der Waals surface area (Å²) in [5, 5.41) is 9.07. The lowest BCUT2D eigenvalue weighted by atomic mass is 10.2. The summed E-state index contributed by atoms with van der Waals surface area (Å²) in [7, 11) is 0. The molecule has 104 valence electrons. The van der Waals surface area contributed by atoms with Crippen LogP contribution >= 0.6 is 38.5 Å². The number of halogens is 2. The fraction of sp³-hybridized carbons (Fsp3) is 0.0833. The first-order valence-corrected chi connectivity index (χ1v) is 7.38. The van der Waals surface area contributed by atoms with Crippen LogP contribution in [0.2, 0.25) is 0 Å². The highest BCUT2D eigenvalue weighted by Gasteiger charge is 2.19. The SMILES string of the molecule is Cc1[nH]nc(C(N)=O)c1NC(=O)c1cc(Br)ccc1I. The van der Waals surface area contributed by atoms with Crippen LogP contribution in [-0.4, -0.2) is 22.0 Å². The number of rotatable bonds is 3. The monoisotopic (exact) mass is 448 g/mol. The van der Waals surface area contributed by atoms with E-state index >= 15 is 0 Å². The molecule has 20 heavy (non-hydrogen) atoms. The number of aryl methyl sites for hydroxylation is 1. The fourth-order valence-corrected chi connectivity index (χ4v) is 2.55. The van der Waals surface area contributed by atoms with Gasteiger partial charge in [-0.15, -0.1) is 0 Å². The van der Waals surface area contributed by atoms with Crippen molar-refractivity contribution in [2.45, 2.75) is 6.92 Å². The molecule has 0 spiro atoms. The molecule has 0 unspecified atom stereocenters. The quantitative estimate of drug-likeness (QED) is 0.628. The van der Waals surface area contributed by atoms with E-state index in [1.165, 1.54) is 0 Å². The minimum Gasteiger partial charge on any atom is -0.364 e. The largest absolute Gasteiger partial charge is 0.364 e. The molecule has 0 saturated heterocycles. The Morgan fingerprint density at radius 3 is 2.80 bits per heavy atom. The van der Waals surface area contributed by atoms with Gasteiger partial charge in [0.05, 0.1) is 16.9 Å². The average Bonchev–Trinajstić information content (AvgIpc) is 2.74. The lowest BCUT2D eigenvalue weighted by Crippen LogP contribution is -2.19. The van der Waals surface area contributed by atoms with Gasteiger partial charge in [-0.3, -0.25) is 14.7 Å². The molecule has 1 heterocycles. The van der Waals surface area contributed by atoms with Gasteiger partial charge in [0, 0.05) is 8.04 Å². The van der Waals surface area contributed by atoms with Crippen LogP contribution in [-0.2, 0) is 0 Å². The van der Waals surface area contributed by atoms with Gasteiger partial charge in [0.15, 0.2) is 5.69 Å². The first-order valence-electron chi connectivity index (χ1n) is 5.51. The van der Waals surface area contributed by atoms with Crippen LogP contribution < -0.4 is 11.1 Å². The molecule has 8 heteroatoms. The number of H-pyrrole nitrogens is 1. The third-order valence-corrected chi connectivity index (χ3v) is 4.03. The average molecular weight is 449 g/mol. The highest BCUT2D eigenvalue weighted by Crippen LogP contribution is 2.22. The summed E-state index contributed by atoms with van der Waals surface area (Å²) in [6.45, 7) is 1.70. The number of nitrogens with zero attached hydrogens (tertiary/aromatic N) is 1. The van der Waals surface area contributed by atoms with Gasteiger partial charge in [-0.05, 0) is 47.7 Å². The zero-order chi connectivity index (χ0) is 14.9. The maximum absolute atomic E-state index is 12.3. The van der Waals surface area contributed by atoms with E-state index in [1.807, 2.05) is 12.1 Å². The molecule has 0 aliphatic carbocycles. The number of nitrogens with one attached hydrogen (secondary N) is 2. The van der Waals surface area contributed by atoms with E-state index in [9.17, 15) is 9.59 Å². The lowest BCUT2D eigenvalue weighted by Gasteiger charge is -2.07. The van der Waals surface area contributed by atoms with Gasteiger partial charge < -0.3 is 11.1 Å². The smallest absolute Gasteiger partial charge is 0.271 e. The molecule has 0 aliphatic heterocycles. The summed E-state index contributed by atoms with van der Waals surface area (Å²) in [4.78, 5) is 23.5. The number of carbonyl (C=O) groups excluding carboxylic acids is 2. The maximum Gasteiger partial charge on any atom is 0.271 e. The predicted molar refractivity (Wildman–Crippen MR) is 86.7 cm³/mol. The topological polar surface area (TPSA) is 101 Å². The number of anilines is 1. The minimum absolute atomic E-state index is 0.0147. The van der Waals surface area contributed by atoms with Crippen LogP contribution in [0, 0.1) is 10.5 Å². The van der Waals surface area contributed by atoms with Gasteiger partial charge in [-0.25, -0.2) is 0 Å². The van der Waals surface area contributed by atoms with Crippen LogP contribution in [0.4, 0.5) is 5.69 Å². The Morgan fingerprint density at radius 2 is 2.15 bits per heavy atom. The Labute approximate surface area is 136 Å². The number of primary amides is 1. The number of aromatic nitrogens is 2. The number of amides is 2. The van der Waals surface area contributed by atoms with Crippen LogP contribution in [0.3, 0.4) is 0 Å². The summed E-state index contributed by atoms with van der Waals surface area (Å²) >= 11 is 5.39. The summed E-state index contributed by atoms with van der Waals surface area (Å²) < 4.78 is 1.59. The van der Waals surface area contributed by atoms with E-state index < -0.39 is 5.91 Å².